The molecule has 0 atom stereocenters. The van der Waals surface area contributed by atoms with Gasteiger partial charge in [0, 0.05) is 50.5 Å². The summed E-state index contributed by atoms with van der Waals surface area (Å²) in [5, 5.41) is 3.28. The van der Waals surface area contributed by atoms with Crippen molar-refractivity contribution in [1.82, 2.24) is 10.2 Å². The fourth-order valence-electron chi connectivity index (χ4n) is 9.10. The summed E-state index contributed by atoms with van der Waals surface area (Å²) < 4.78 is 0. The summed E-state index contributed by atoms with van der Waals surface area (Å²) in [6.45, 7) is 8.84. The molecule has 3 N–H and O–H groups in total. The van der Waals surface area contributed by atoms with E-state index < -0.39 is 0 Å². The molecule has 5 fully saturated rings. The number of unbranched alkanes of at least 4 members (excludes halogenated alkanes) is 9. The fourth-order valence-corrected chi connectivity index (χ4v) is 9.10. The molecule has 0 unspecified atom stereocenters. The monoisotopic (exact) mass is 550 g/mol. The molecule has 5 heteroatoms. The molecule has 224 valence electrons. The van der Waals surface area contributed by atoms with E-state index in [4.69, 9.17) is 5.73 Å². The Morgan fingerprint density at radius 2 is 1.38 bits per heavy atom. The van der Waals surface area contributed by atoms with Gasteiger partial charge in [0.05, 0.1) is 0 Å². The van der Waals surface area contributed by atoms with Gasteiger partial charge in [-0.15, -0.1) is 0 Å². The number of carbonyl (C=O) groups excluding carboxylic acids is 1. The number of hydrogen-bond donors (Lipinski definition) is 2. The normalized spacial score (nSPS) is 27.8. The number of rotatable bonds is 16. The first-order chi connectivity index (χ1) is 19.5. The Morgan fingerprint density at radius 1 is 0.825 bits per heavy atom. The zero-order valence-electron chi connectivity index (χ0n) is 25.6. The first-order valence-electron chi connectivity index (χ1n) is 17.1. The highest BCUT2D eigenvalue weighted by molar-refractivity contribution is 5.76. The van der Waals surface area contributed by atoms with E-state index >= 15 is 0 Å². The SMILES string of the molecule is Cc1cc(N2CCN(CCCCCCCCCCCCNC(=O)CC34CC5CC(CC(C5)C3)C4)CC2)ccc1N. The molecule has 1 aromatic carbocycles. The van der Waals surface area contributed by atoms with Crippen molar-refractivity contribution in [3.63, 3.8) is 0 Å². The van der Waals surface area contributed by atoms with Crippen molar-refractivity contribution in [3.05, 3.63) is 23.8 Å². The average molecular weight is 551 g/mol. The van der Waals surface area contributed by atoms with Crippen molar-refractivity contribution >= 4 is 17.3 Å². The highest BCUT2D eigenvalue weighted by Gasteiger charge is 2.51. The lowest BCUT2D eigenvalue weighted by molar-refractivity contribution is -0.129. The Bertz CT molecular complexity index is 902. The van der Waals surface area contributed by atoms with Crippen LogP contribution in [0.15, 0.2) is 18.2 Å². The molecule has 4 bridgehead atoms. The number of nitrogens with one attached hydrogen (secondary N) is 1. The molecular weight excluding hydrogens is 492 g/mol. The molecule has 0 spiro atoms. The van der Waals surface area contributed by atoms with Crippen molar-refractivity contribution < 1.29 is 4.79 Å². The van der Waals surface area contributed by atoms with Crippen molar-refractivity contribution in [3.8, 4) is 0 Å². The minimum atomic E-state index is 0.345. The van der Waals surface area contributed by atoms with Crippen LogP contribution in [0.3, 0.4) is 0 Å². The summed E-state index contributed by atoms with van der Waals surface area (Å²) in [7, 11) is 0. The molecule has 1 saturated heterocycles. The van der Waals surface area contributed by atoms with Crippen LogP contribution in [-0.4, -0.2) is 50.1 Å². The second-order valence-electron chi connectivity index (χ2n) is 14.3. The number of aryl methyl sites for hydroxylation is 1. The van der Waals surface area contributed by atoms with Crippen molar-refractivity contribution in [1.29, 1.82) is 0 Å². The minimum Gasteiger partial charge on any atom is -0.399 e. The number of nitrogen functional groups attached to an aromatic ring is 1. The zero-order chi connectivity index (χ0) is 27.8. The summed E-state index contributed by atoms with van der Waals surface area (Å²) >= 11 is 0. The molecule has 1 aromatic rings. The Balaban J connectivity index is 0.798. The first-order valence-corrected chi connectivity index (χ1v) is 17.1. The molecule has 4 saturated carbocycles. The second kappa shape index (κ2) is 14.4. The van der Waals surface area contributed by atoms with Gasteiger partial charge < -0.3 is 16.0 Å². The smallest absolute Gasteiger partial charge is 0.220 e. The quantitative estimate of drug-likeness (QED) is 0.167. The lowest BCUT2D eigenvalue weighted by Gasteiger charge is -2.56. The summed E-state index contributed by atoms with van der Waals surface area (Å²) in [5.41, 5.74) is 9.76. The van der Waals surface area contributed by atoms with Gasteiger partial charge in [-0.3, -0.25) is 9.69 Å². The predicted molar refractivity (Wildman–Crippen MR) is 169 cm³/mol. The number of nitrogens with two attached hydrogens (primary N) is 1. The summed E-state index contributed by atoms with van der Waals surface area (Å²) in [4.78, 5) is 17.8. The first kappa shape index (κ1) is 29.7. The Morgan fingerprint density at radius 3 is 1.95 bits per heavy atom. The molecule has 1 amide bonds. The van der Waals surface area contributed by atoms with Crippen LogP contribution in [0.2, 0.25) is 0 Å². The van der Waals surface area contributed by atoms with E-state index in [0.29, 0.717) is 11.3 Å². The van der Waals surface area contributed by atoms with Crippen LogP contribution in [0.1, 0.15) is 115 Å². The Labute approximate surface area is 245 Å². The number of piperazine rings is 1. The maximum absolute atomic E-state index is 12.7. The topological polar surface area (TPSA) is 61.6 Å². The number of amides is 1. The van der Waals surface area contributed by atoms with Gasteiger partial charge in [-0.25, -0.2) is 0 Å². The van der Waals surface area contributed by atoms with E-state index in [1.165, 1.54) is 127 Å². The number of hydrogen-bond acceptors (Lipinski definition) is 4. The van der Waals surface area contributed by atoms with Gasteiger partial charge in [0.15, 0.2) is 0 Å². The highest BCUT2D eigenvalue weighted by atomic mass is 16.1. The third-order valence-electron chi connectivity index (χ3n) is 10.9. The standard InChI is InChI=1S/C35H58N4O/c1-28-20-32(12-13-33(28)36)39-18-16-38(17-19-39)15-11-9-7-5-3-2-4-6-8-10-14-37-34(40)27-35-24-29-21-30(25-35)23-31(22-29)26-35/h12-13,20,29-31H,2-11,14-19,21-27,36H2,1H3,(H,37,40). The summed E-state index contributed by atoms with van der Waals surface area (Å²) in [6.07, 6.45) is 22.6. The lowest BCUT2D eigenvalue weighted by Crippen LogP contribution is -2.48. The van der Waals surface area contributed by atoms with E-state index in [0.717, 1.165) is 55.9 Å². The van der Waals surface area contributed by atoms with E-state index in [9.17, 15) is 4.79 Å². The van der Waals surface area contributed by atoms with Crippen LogP contribution in [0.5, 0.6) is 0 Å². The molecule has 5 aliphatic rings. The van der Waals surface area contributed by atoms with Gasteiger partial charge in [-0.2, -0.15) is 0 Å². The van der Waals surface area contributed by atoms with Crippen molar-refractivity contribution in [2.45, 2.75) is 116 Å². The van der Waals surface area contributed by atoms with E-state index in [1.54, 1.807) is 0 Å². The fraction of sp³-hybridized carbons (Fsp3) is 0.800. The predicted octanol–water partition coefficient (Wildman–Crippen LogP) is 7.32. The molecule has 0 radical (unpaired) electrons. The summed E-state index contributed by atoms with van der Waals surface area (Å²) in [5.74, 6) is 3.17. The number of benzene rings is 1. The Kier molecular flexibility index (Phi) is 10.7. The van der Waals surface area contributed by atoms with Crippen LogP contribution in [0, 0.1) is 30.1 Å². The van der Waals surface area contributed by atoms with Gasteiger partial charge in [-0.05, 0) is 112 Å². The molecule has 4 aliphatic carbocycles. The van der Waals surface area contributed by atoms with Gasteiger partial charge >= 0.3 is 0 Å². The van der Waals surface area contributed by atoms with Crippen LogP contribution in [0.25, 0.3) is 0 Å². The van der Waals surface area contributed by atoms with Crippen LogP contribution in [0.4, 0.5) is 11.4 Å². The molecule has 1 aliphatic heterocycles. The van der Waals surface area contributed by atoms with E-state index in [2.05, 4.69) is 34.2 Å². The van der Waals surface area contributed by atoms with E-state index in [1.807, 2.05) is 6.07 Å². The average Bonchev–Trinajstić information content (AvgIpc) is 2.92. The minimum absolute atomic E-state index is 0.345. The van der Waals surface area contributed by atoms with Crippen molar-refractivity contribution in [2.24, 2.45) is 23.2 Å². The van der Waals surface area contributed by atoms with Gasteiger partial charge in [-0.1, -0.05) is 51.4 Å². The molecule has 6 rings (SSSR count). The van der Waals surface area contributed by atoms with Crippen LogP contribution >= 0.6 is 0 Å². The molecule has 40 heavy (non-hydrogen) atoms. The van der Waals surface area contributed by atoms with Crippen LogP contribution in [-0.2, 0) is 4.79 Å². The third kappa shape index (κ3) is 8.39. The lowest BCUT2D eigenvalue weighted by atomic mass is 9.49. The largest absolute Gasteiger partial charge is 0.399 e. The van der Waals surface area contributed by atoms with E-state index in [-0.39, 0.29) is 0 Å². The molecular formula is C35H58N4O. The molecule has 1 heterocycles. The second-order valence-corrected chi connectivity index (χ2v) is 14.3. The maximum atomic E-state index is 12.7. The maximum Gasteiger partial charge on any atom is 0.220 e. The number of carbonyl (C=O) groups is 1. The van der Waals surface area contributed by atoms with Crippen LogP contribution < -0.4 is 16.0 Å². The Hall–Kier alpha value is -1.75. The van der Waals surface area contributed by atoms with Crippen molar-refractivity contribution in [2.75, 3.05) is 49.9 Å². The molecule has 0 aromatic heterocycles. The van der Waals surface area contributed by atoms with Gasteiger partial charge in [0.2, 0.25) is 5.91 Å². The number of anilines is 2. The number of nitrogens with zero attached hydrogens (tertiary/aromatic N) is 2. The third-order valence-corrected chi connectivity index (χ3v) is 10.9. The highest BCUT2D eigenvalue weighted by Crippen LogP contribution is 2.61. The molecule has 5 nitrogen and oxygen atoms in total. The zero-order valence-corrected chi connectivity index (χ0v) is 25.6. The van der Waals surface area contributed by atoms with Gasteiger partial charge in [0.25, 0.3) is 0 Å². The summed E-state index contributed by atoms with van der Waals surface area (Å²) in [6, 6.07) is 6.44. The van der Waals surface area contributed by atoms with Gasteiger partial charge in [0.1, 0.15) is 0 Å².